The Morgan fingerprint density at radius 3 is 1.70 bits per heavy atom. The van der Waals surface area contributed by atoms with E-state index in [-0.39, 0.29) is 26.1 Å². The van der Waals surface area contributed by atoms with Gasteiger partial charge in [-0.1, -0.05) is 152 Å². The molecule has 0 aromatic rings. The number of hydrogen-bond donors (Lipinski definition) is 4. The lowest BCUT2D eigenvalue weighted by Gasteiger charge is -2.39. The normalized spacial score (nSPS) is 21.0. The molecule has 56 heavy (non-hydrogen) atoms. The third-order valence-electron chi connectivity index (χ3n) is 9.70. The molecule has 1 aliphatic heterocycles. The van der Waals surface area contributed by atoms with Crippen molar-refractivity contribution < 1.29 is 49.0 Å². The highest BCUT2D eigenvalue weighted by atomic mass is 16.7. The van der Waals surface area contributed by atoms with Crippen LogP contribution in [0.25, 0.3) is 0 Å². The van der Waals surface area contributed by atoms with Crippen LogP contribution in [0.5, 0.6) is 0 Å². The van der Waals surface area contributed by atoms with E-state index in [2.05, 4.69) is 62.5 Å². The molecule has 1 heterocycles. The molecule has 0 aromatic heterocycles. The zero-order valence-electron chi connectivity index (χ0n) is 34.9. The van der Waals surface area contributed by atoms with Gasteiger partial charge in [0.15, 0.2) is 12.4 Å². The van der Waals surface area contributed by atoms with Crippen LogP contribution in [0.3, 0.4) is 0 Å². The number of allylic oxidation sites excluding steroid dienone is 10. The van der Waals surface area contributed by atoms with Gasteiger partial charge in [0.1, 0.15) is 31.0 Å². The molecule has 1 fully saturated rings. The Balaban J connectivity index is 2.39. The third kappa shape index (κ3) is 27.9. The standard InChI is InChI=1S/C46H78O10/c1-3-5-7-9-11-13-15-17-18-19-20-21-23-24-26-28-30-32-34-41(48)53-37-39(38-54-46-45(52)44(51)43(50)40(36-47)56-46)55-42(49)35-33-31-29-27-25-22-16-14-12-10-8-6-4-2/h15,17-22,25,29,31,39-40,43-47,50-52H,3-14,16,23-24,26-28,30,32-38H2,1-2H3/b17-15+,19-18+,21-20+,25-22+,31-29+/t39?,40-,43+,44?,45?,46-/m0/s1. The van der Waals surface area contributed by atoms with E-state index in [1.807, 2.05) is 12.2 Å². The summed E-state index contributed by atoms with van der Waals surface area (Å²) in [5.74, 6) is -0.912. The molecule has 0 aromatic carbocycles. The summed E-state index contributed by atoms with van der Waals surface area (Å²) in [6.07, 6.45) is 36.7. The first kappa shape index (κ1) is 51.4. The van der Waals surface area contributed by atoms with Crippen molar-refractivity contribution in [2.24, 2.45) is 0 Å². The fraction of sp³-hybridized carbons (Fsp3) is 0.739. The molecule has 0 spiro atoms. The van der Waals surface area contributed by atoms with Crippen molar-refractivity contribution >= 4 is 11.9 Å². The predicted molar refractivity (Wildman–Crippen MR) is 224 cm³/mol. The van der Waals surface area contributed by atoms with Gasteiger partial charge in [0.25, 0.3) is 0 Å². The van der Waals surface area contributed by atoms with Crippen molar-refractivity contribution in [1.29, 1.82) is 0 Å². The van der Waals surface area contributed by atoms with Crippen LogP contribution >= 0.6 is 0 Å². The molecule has 10 heteroatoms. The van der Waals surface area contributed by atoms with Crippen molar-refractivity contribution in [3.05, 3.63) is 60.8 Å². The number of aliphatic hydroxyl groups excluding tert-OH is 4. The Kier molecular flexibility index (Phi) is 33.7. The summed E-state index contributed by atoms with van der Waals surface area (Å²) in [6, 6.07) is 0. The van der Waals surface area contributed by atoms with E-state index in [1.165, 1.54) is 70.6 Å². The monoisotopic (exact) mass is 791 g/mol. The lowest BCUT2D eigenvalue weighted by Crippen LogP contribution is -2.59. The minimum absolute atomic E-state index is 0.117. The second kappa shape index (κ2) is 36.7. The number of carbonyl (C=O) groups is 2. The number of rotatable bonds is 35. The maximum atomic E-state index is 12.7. The Bertz CT molecular complexity index is 1100. The van der Waals surface area contributed by atoms with Crippen molar-refractivity contribution in [1.82, 2.24) is 0 Å². The summed E-state index contributed by atoms with van der Waals surface area (Å²) < 4.78 is 22.0. The molecule has 0 aliphatic carbocycles. The van der Waals surface area contributed by atoms with Crippen LogP contribution in [0.1, 0.15) is 162 Å². The fourth-order valence-electron chi connectivity index (χ4n) is 6.18. The van der Waals surface area contributed by atoms with Crippen molar-refractivity contribution in [3.8, 4) is 0 Å². The van der Waals surface area contributed by atoms with Gasteiger partial charge in [-0.25, -0.2) is 0 Å². The molecule has 3 unspecified atom stereocenters. The second-order valence-corrected chi connectivity index (χ2v) is 14.8. The highest BCUT2D eigenvalue weighted by Gasteiger charge is 2.44. The first-order valence-corrected chi connectivity index (χ1v) is 21.9. The summed E-state index contributed by atoms with van der Waals surface area (Å²) in [5, 5.41) is 40.0. The van der Waals surface area contributed by atoms with E-state index in [4.69, 9.17) is 18.9 Å². The van der Waals surface area contributed by atoms with Crippen LogP contribution in [-0.2, 0) is 28.5 Å². The Labute approximate surface area is 339 Å². The minimum Gasteiger partial charge on any atom is -0.462 e. The highest BCUT2D eigenvalue weighted by molar-refractivity contribution is 5.70. The molecule has 0 bridgehead atoms. The second-order valence-electron chi connectivity index (χ2n) is 14.8. The van der Waals surface area contributed by atoms with Gasteiger partial charge in [-0.05, 0) is 57.8 Å². The first-order chi connectivity index (χ1) is 27.3. The maximum Gasteiger partial charge on any atom is 0.306 e. The van der Waals surface area contributed by atoms with Crippen molar-refractivity contribution in [2.45, 2.75) is 198 Å². The summed E-state index contributed by atoms with van der Waals surface area (Å²) in [7, 11) is 0. The first-order valence-electron chi connectivity index (χ1n) is 21.9. The van der Waals surface area contributed by atoms with E-state index < -0.39 is 55.4 Å². The van der Waals surface area contributed by atoms with Gasteiger partial charge < -0.3 is 39.4 Å². The van der Waals surface area contributed by atoms with Crippen molar-refractivity contribution in [3.63, 3.8) is 0 Å². The van der Waals surface area contributed by atoms with Crippen LogP contribution in [0, 0.1) is 0 Å². The SMILES string of the molecule is CCCCCCC/C=C/C=C/C=C/CCCCCCCC(=O)OCC(CO[C@H]1O[C@@H](CO)[C@@H](O)C(O)C1O)OC(=O)CC/C=C/C/C=C/CCCCCCCC. The molecule has 0 radical (unpaired) electrons. The Morgan fingerprint density at radius 2 is 1.11 bits per heavy atom. The van der Waals surface area contributed by atoms with Gasteiger partial charge in [-0.15, -0.1) is 0 Å². The average molecular weight is 791 g/mol. The van der Waals surface area contributed by atoms with Gasteiger partial charge in [-0.3, -0.25) is 9.59 Å². The molecule has 1 aliphatic rings. The van der Waals surface area contributed by atoms with Gasteiger partial charge in [0.05, 0.1) is 13.2 Å². The predicted octanol–water partition coefficient (Wildman–Crippen LogP) is 9.05. The molecular weight excluding hydrogens is 712 g/mol. The minimum atomic E-state index is -1.61. The van der Waals surface area contributed by atoms with E-state index >= 15 is 0 Å². The third-order valence-corrected chi connectivity index (χ3v) is 9.70. The molecule has 10 nitrogen and oxygen atoms in total. The van der Waals surface area contributed by atoms with Gasteiger partial charge >= 0.3 is 11.9 Å². The zero-order chi connectivity index (χ0) is 40.9. The van der Waals surface area contributed by atoms with E-state index in [0.717, 1.165) is 51.4 Å². The van der Waals surface area contributed by atoms with E-state index in [0.29, 0.717) is 12.8 Å². The number of hydrogen-bond acceptors (Lipinski definition) is 10. The summed E-state index contributed by atoms with van der Waals surface area (Å²) in [5.41, 5.74) is 0. The summed E-state index contributed by atoms with van der Waals surface area (Å²) in [6.45, 7) is 3.30. The largest absolute Gasteiger partial charge is 0.462 e. The quantitative estimate of drug-likeness (QED) is 0.0212. The number of aliphatic hydroxyl groups is 4. The van der Waals surface area contributed by atoms with Crippen LogP contribution in [0.4, 0.5) is 0 Å². The average Bonchev–Trinajstić information content (AvgIpc) is 3.19. The molecular formula is C46H78O10. The number of ether oxygens (including phenoxy) is 4. The summed E-state index contributed by atoms with van der Waals surface area (Å²) >= 11 is 0. The zero-order valence-corrected chi connectivity index (χ0v) is 34.9. The van der Waals surface area contributed by atoms with E-state index in [9.17, 15) is 30.0 Å². The number of unbranched alkanes of at least 4 members (excludes halogenated alkanes) is 16. The lowest BCUT2D eigenvalue weighted by molar-refractivity contribution is -0.305. The molecule has 1 rings (SSSR count). The number of carbonyl (C=O) groups excluding carboxylic acids is 2. The van der Waals surface area contributed by atoms with Gasteiger partial charge in [0, 0.05) is 12.8 Å². The van der Waals surface area contributed by atoms with Crippen LogP contribution in [0.2, 0.25) is 0 Å². The molecule has 0 amide bonds. The van der Waals surface area contributed by atoms with Gasteiger partial charge in [-0.2, -0.15) is 0 Å². The van der Waals surface area contributed by atoms with Crippen LogP contribution in [-0.4, -0.2) is 89.0 Å². The maximum absolute atomic E-state index is 12.7. The Hall–Kier alpha value is -2.60. The molecule has 1 saturated heterocycles. The van der Waals surface area contributed by atoms with Gasteiger partial charge in [0.2, 0.25) is 0 Å². The highest BCUT2D eigenvalue weighted by Crippen LogP contribution is 2.22. The molecule has 4 N–H and O–H groups in total. The lowest BCUT2D eigenvalue weighted by atomic mass is 9.99. The van der Waals surface area contributed by atoms with Crippen LogP contribution < -0.4 is 0 Å². The topological polar surface area (TPSA) is 152 Å². The Morgan fingerprint density at radius 1 is 0.571 bits per heavy atom. The summed E-state index contributed by atoms with van der Waals surface area (Å²) in [4.78, 5) is 25.2. The smallest absolute Gasteiger partial charge is 0.306 e. The molecule has 0 saturated carbocycles. The van der Waals surface area contributed by atoms with E-state index in [1.54, 1.807) is 0 Å². The van der Waals surface area contributed by atoms with Crippen molar-refractivity contribution in [2.75, 3.05) is 19.8 Å². The molecule has 322 valence electrons. The number of esters is 2. The van der Waals surface area contributed by atoms with Crippen LogP contribution in [0.15, 0.2) is 60.8 Å². The fourth-order valence-corrected chi connectivity index (χ4v) is 6.18. The molecule has 6 atom stereocenters.